The van der Waals surface area contributed by atoms with Crippen molar-refractivity contribution in [2.24, 2.45) is 0 Å². The largest absolute Gasteiger partial charge is 0.379 e. The van der Waals surface area contributed by atoms with Crippen molar-refractivity contribution in [2.45, 2.75) is 56.3 Å². The summed E-state index contributed by atoms with van der Waals surface area (Å²) >= 11 is 0. The van der Waals surface area contributed by atoms with Crippen LogP contribution < -0.4 is 0 Å². The third kappa shape index (κ3) is 1.26. The molecule has 0 aromatic rings. The maximum atomic E-state index is 5.93. The minimum atomic E-state index is -0.638. The van der Waals surface area contributed by atoms with E-state index >= 15 is 0 Å². The molecule has 2 fully saturated rings. The first kappa shape index (κ1) is 12.4. The van der Waals surface area contributed by atoms with Crippen LogP contribution in [0.25, 0.3) is 0 Å². The van der Waals surface area contributed by atoms with Gasteiger partial charge in [-0.05, 0) is 20.8 Å². The molecule has 4 nitrogen and oxygen atoms in total. The monoisotopic (exact) mass is 226 g/mol. The summed E-state index contributed by atoms with van der Waals surface area (Å²) in [5, 5.41) is 0. The fourth-order valence-corrected chi connectivity index (χ4v) is 3.12. The van der Waals surface area contributed by atoms with E-state index in [1.54, 1.807) is 14.2 Å². The molecule has 0 spiro atoms. The van der Waals surface area contributed by atoms with Crippen molar-refractivity contribution in [1.29, 1.82) is 0 Å². The van der Waals surface area contributed by atoms with Crippen LogP contribution in [-0.4, -0.2) is 57.6 Å². The molecule has 0 amide bonds. The molecule has 90 valence electrons. The molecule has 0 aromatic carbocycles. The van der Waals surface area contributed by atoms with Crippen LogP contribution in [0.4, 0.5) is 0 Å². The SMILES string of the molecule is [B][C@@H]1O[C@@]2(C(C)OC)C(OC)[C@@H]1OC2(C)C. The molecule has 2 bridgehead atoms. The molecule has 2 rings (SSSR count). The average molecular weight is 226 g/mol. The van der Waals surface area contributed by atoms with Crippen molar-refractivity contribution in [3.05, 3.63) is 0 Å². The topological polar surface area (TPSA) is 36.9 Å². The molecule has 5 atom stereocenters. The fourth-order valence-electron chi connectivity index (χ4n) is 3.12. The highest BCUT2D eigenvalue weighted by atomic mass is 16.7. The van der Waals surface area contributed by atoms with Gasteiger partial charge in [-0.2, -0.15) is 0 Å². The molecular formula is C11H19BO4. The van der Waals surface area contributed by atoms with Crippen molar-refractivity contribution in [1.82, 2.24) is 0 Å². The first-order chi connectivity index (χ1) is 7.40. The van der Waals surface area contributed by atoms with Gasteiger partial charge in [0.15, 0.2) is 5.60 Å². The molecule has 0 aromatic heterocycles. The standard InChI is InChI=1S/C11H19BO4/c1-6(13-4)11-8(14-5)7(9(12)16-11)15-10(11,2)3/h6-9H,1-5H3/t6?,7-,8?,9+,11-/m0/s1. The Morgan fingerprint density at radius 2 is 1.88 bits per heavy atom. The van der Waals surface area contributed by atoms with Gasteiger partial charge in [-0.1, -0.05) is 0 Å². The summed E-state index contributed by atoms with van der Waals surface area (Å²) in [4.78, 5) is 0. The summed E-state index contributed by atoms with van der Waals surface area (Å²) in [6.45, 7) is 5.93. The Morgan fingerprint density at radius 1 is 1.25 bits per heavy atom. The molecule has 0 saturated carbocycles. The summed E-state index contributed by atoms with van der Waals surface area (Å²) in [5.41, 5.74) is -1.11. The lowest BCUT2D eigenvalue weighted by Gasteiger charge is -2.46. The summed E-state index contributed by atoms with van der Waals surface area (Å²) in [6.07, 6.45) is -0.559. The van der Waals surface area contributed by atoms with E-state index in [9.17, 15) is 0 Å². The number of ether oxygens (including phenoxy) is 4. The zero-order chi connectivity index (χ0) is 12.1. The molecule has 2 unspecified atom stereocenters. The number of hydrogen-bond acceptors (Lipinski definition) is 4. The molecule has 0 aliphatic carbocycles. The van der Waals surface area contributed by atoms with Gasteiger partial charge < -0.3 is 18.9 Å². The van der Waals surface area contributed by atoms with Crippen LogP contribution >= 0.6 is 0 Å². The highest BCUT2D eigenvalue weighted by Gasteiger charge is 2.71. The van der Waals surface area contributed by atoms with Crippen molar-refractivity contribution < 1.29 is 18.9 Å². The van der Waals surface area contributed by atoms with Crippen LogP contribution in [0.5, 0.6) is 0 Å². The van der Waals surface area contributed by atoms with Crippen molar-refractivity contribution in [3.8, 4) is 0 Å². The molecule has 2 aliphatic rings. The normalized spacial score (nSPS) is 47.2. The zero-order valence-corrected chi connectivity index (χ0v) is 10.5. The Labute approximate surface area is 98.0 Å². The van der Waals surface area contributed by atoms with E-state index in [0.717, 1.165) is 0 Å². The lowest BCUT2D eigenvalue weighted by Crippen LogP contribution is -2.62. The summed E-state index contributed by atoms with van der Waals surface area (Å²) in [6, 6.07) is -0.449. The van der Waals surface area contributed by atoms with E-state index in [1.807, 2.05) is 20.8 Å². The smallest absolute Gasteiger partial charge is 0.150 e. The van der Waals surface area contributed by atoms with Gasteiger partial charge in [0.1, 0.15) is 20.1 Å². The van der Waals surface area contributed by atoms with Crippen molar-refractivity contribution in [3.63, 3.8) is 0 Å². The van der Waals surface area contributed by atoms with E-state index in [-0.39, 0.29) is 18.3 Å². The molecular weight excluding hydrogens is 207 g/mol. The van der Waals surface area contributed by atoms with Gasteiger partial charge in [-0.15, -0.1) is 0 Å². The number of methoxy groups -OCH3 is 2. The Bertz CT molecular complexity index is 283. The second kappa shape index (κ2) is 3.70. The van der Waals surface area contributed by atoms with E-state index in [4.69, 9.17) is 26.8 Å². The van der Waals surface area contributed by atoms with Crippen molar-refractivity contribution >= 4 is 7.85 Å². The van der Waals surface area contributed by atoms with Crippen LogP contribution in [0.3, 0.4) is 0 Å². The molecule has 16 heavy (non-hydrogen) atoms. The minimum Gasteiger partial charge on any atom is -0.379 e. The van der Waals surface area contributed by atoms with E-state index in [0.29, 0.717) is 0 Å². The van der Waals surface area contributed by atoms with E-state index in [2.05, 4.69) is 0 Å². The predicted molar refractivity (Wildman–Crippen MR) is 59.6 cm³/mol. The van der Waals surface area contributed by atoms with Gasteiger partial charge in [-0.3, -0.25) is 0 Å². The van der Waals surface area contributed by atoms with Gasteiger partial charge in [0.05, 0.1) is 11.7 Å². The van der Waals surface area contributed by atoms with Gasteiger partial charge in [0.25, 0.3) is 0 Å². The van der Waals surface area contributed by atoms with Crippen LogP contribution in [0.1, 0.15) is 20.8 Å². The fraction of sp³-hybridized carbons (Fsp3) is 1.00. The maximum absolute atomic E-state index is 5.93. The summed E-state index contributed by atoms with van der Waals surface area (Å²) in [5.74, 6) is 0. The molecule has 2 saturated heterocycles. The van der Waals surface area contributed by atoms with Gasteiger partial charge in [0.2, 0.25) is 0 Å². The second-order valence-corrected chi connectivity index (χ2v) is 5.00. The maximum Gasteiger partial charge on any atom is 0.150 e. The zero-order valence-electron chi connectivity index (χ0n) is 10.5. The molecule has 2 heterocycles. The first-order valence-electron chi connectivity index (χ1n) is 5.57. The molecule has 2 radical (unpaired) electrons. The molecule has 5 heteroatoms. The predicted octanol–water partition coefficient (Wildman–Crippen LogP) is 0.477. The highest BCUT2D eigenvalue weighted by Crippen LogP contribution is 2.53. The molecule has 0 N–H and O–H groups in total. The van der Waals surface area contributed by atoms with Gasteiger partial charge in [0, 0.05) is 20.2 Å². The van der Waals surface area contributed by atoms with Gasteiger partial charge in [-0.25, -0.2) is 0 Å². The third-order valence-corrected chi connectivity index (χ3v) is 3.96. The molecule has 2 aliphatic heterocycles. The van der Waals surface area contributed by atoms with Gasteiger partial charge >= 0.3 is 0 Å². The van der Waals surface area contributed by atoms with Crippen LogP contribution in [-0.2, 0) is 18.9 Å². The van der Waals surface area contributed by atoms with Crippen LogP contribution in [0.2, 0.25) is 0 Å². The van der Waals surface area contributed by atoms with Crippen LogP contribution in [0.15, 0.2) is 0 Å². The lowest BCUT2D eigenvalue weighted by molar-refractivity contribution is -0.244. The summed E-state index contributed by atoms with van der Waals surface area (Å²) in [7, 11) is 9.21. The van der Waals surface area contributed by atoms with Crippen molar-refractivity contribution in [2.75, 3.05) is 14.2 Å². The van der Waals surface area contributed by atoms with Crippen LogP contribution in [0, 0.1) is 0 Å². The Hall–Kier alpha value is -0.0951. The average Bonchev–Trinajstić information content (AvgIpc) is 2.62. The Kier molecular flexibility index (Phi) is 2.86. The van der Waals surface area contributed by atoms with E-state index < -0.39 is 17.2 Å². The Balaban J connectivity index is 2.43. The number of fused-ring (bicyclic) bond motifs is 2. The number of rotatable bonds is 3. The minimum absolute atomic E-state index is 0.147. The first-order valence-corrected chi connectivity index (χ1v) is 5.57. The quantitative estimate of drug-likeness (QED) is 0.656. The Morgan fingerprint density at radius 3 is 2.38 bits per heavy atom. The third-order valence-electron chi connectivity index (χ3n) is 3.96. The summed E-state index contributed by atoms with van der Waals surface area (Å²) < 4.78 is 22.8. The number of hydrogen-bond donors (Lipinski definition) is 0. The highest BCUT2D eigenvalue weighted by molar-refractivity contribution is 6.11. The lowest BCUT2D eigenvalue weighted by atomic mass is 9.79. The second-order valence-electron chi connectivity index (χ2n) is 5.00. The van der Waals surface area contributed by atoms with E-state index in [1.165, 1.54) is 0 Å².